The molecule has 0 amide bonds. The van der Waals surface area contributed by atoms with Gasteiger partial charge in [-0.3, -0.25) is 0 Å². The van der Waals surface area contributed by atoms with Gasteiger partial charge < -0.3 is 8.55 Å². The van der Waals surface area contributed by atoms with Gasteiger partial charge in [0.15, 0.2) is 0 Å². The third-order valence-electron chi connectivity index (χ3n) is 7.89. The Bertz CT molecular complexity index is 1770. The molecule has 0 aliphatic heterocycles. The van der Waals surface area contributed by atoms with Crippen molar-refractivity contribution in [1.82, 2.24) is 0 Å². The molecule has 0 spiro atoms. The summed E-state index contributed by atoms with van der Waals surface area (Å²) in [6, 6.07) is 47.8. The Morgan fingerprint density at radius 3 is 1.70 bits per heavy atom. The van der Waals surface area contributed by atoms with E-state index >= 15 is 0 Å². The Kier molecular flexibility index (Phi) is 10.8. The molecule has 0 bridgehead atoms. The van der Waals surface area contributed by atoms with Gasteiger partial charge in [-0.05, 0) is 63.2 Å². The van der Waals surface area contributed by atoms with Gasteiger partial charge in [-0.15, -0.1) is 0 Å². The summed E-state index contributed by atoms with van der Waals surface area (Å²) in [5.74, 6) is 0.364. The van der Waals surface area contributed by atoms with Crippen LogP contribution in [-0.2, 0) is 25.5 Å². The molecule has 0 N–H and O–H groups in total. The van der Waals surface area contributed by atoms with Crippen molar-refractivity contribution in [1.29, 1.82) is 0 Å². The highest BCUT2D eigenvalue weighted by molar-refractivity contribution is 8.14. The fourth-order valence-corrected chi connectivity index (χ4v) is 13.9. The fraction of sp³-hybridized carbons (Fsp3) is 0.179. The van der Waals surface area contributed by atoms with Crippen molar-refractivity contribution in [3.05, 3.63) is 167 Å². The van der Waals surface area contributed by atoms with Crippen LogP contribution >= 0.6 is 0 Å². The maximum atomic E-state index is 13.8. The number of benzene rings is 5. The van der Waals surface area contributed by atoms with Crippen LogP contribution in [0.15, 0.2) is 161 Å². The predicted octanol–water partition coefficient (Wildman–Crippen LogP) is 8.31. The maximum absolute atomic E-state index is 13.8. The summed E-state index contributed by atoms with van der Waals surface area (Å²) in [7, 11) is -6.93. The van der Waals surface area contributed by atoms with Gasteiger partial charge in [-0.25, -0.2) is 8.42 Å². The Balaban J connectivity index is 1.63. The molecule has 0 heterocycles. The molecule has 236 valence electrons. The minimum Gasteiger partial charge on any atom is -0.396 e. The van der Waals surface area contributed by atoms with E-state index in [1.807, 2.05) is 67.6 Å². The minimum absolute atomic E-state index is 0.191. The highest BCUT2D eigenvalue weighted by Gasteiger charge is 2.51. The topological polar surface area (TPSA) is 57.5 Å². The third kappa shape index (κ3) is 7.97. The monoisotopic (exact) mass is 663 g/mol. The number of aryl methyl sites for hydroxylation is 1. The molecule has 5 aromatic carbocycles. The standard InChI is InChI=1S/C39H41NO3S2Si/c1-32-25-29-36(30-26-32)45(41,42)40-44(35-19-11-6-12-20-35)31-34(28-27-33-17-9-5-10-18-33)43-46(39(2,3)4,37-21-13-7-14-22-37)38-23-15-8-16-24-38/h5-30,34H,31H2,1-4H3/b28-27+/t34-,44?/m0/s1. The Morgan fingerprint density at radius 2 is 1.20 bits per heavy atom. The molecule has 4 nitrogen and oxygen atoms in total. The molecule has 5 rings (SSSR count). The lowest BCUT2D eigenvalue weighted by Gasteiger charge is -2.44. The molecule has 0 fully saturated rings. The minimum atomic E-state index is -3.94. The zero-order valence-corrected chi connectivity index (χ0v) is 29.4. The van der Waals surface area contributed by atoms with Gasteiger partial charge in [-0.1, -0.05) is 160 Å². The zero-order valence-electron chi connectivity index (χ0n) is 26.8. The second-order valence-electron chi connectivity index (χ2n) is 12.3. The average Bonchev–Trinajstić information content (AvgIpc) is 3.07. The van der Waals surface area contributed by atoms with Crippen molar-refractivity contribution < 1.29 is 12.8 Å². The summed E-state index contributed by atoms with van der Waals surface area (Å²) in [5, 5.41) is 2.07. The highest BCUT2D eigenvalue weighted by Crippen LogP contribution is 2.39. The predicted molar refractivity (Wildman–Crippen MR) is 197 cm³/mol. The molecule has 0 saturated heterocycles. The van der Waals surface area contributed by atoms with Crippen molar-refractivity contribution in [3.8, 4) is 0 Å². The normalized spacial score (nSPS) is 13.8. The lowest BCUT2D eigenvalue weighted by atomic mass is 10.2. The van der Waals surface area contributed by atoms with Crippen molar-refractivity contribution in [2.45, 2.75) is 48.6 Å². The Morgan fingerprint density at radius 1 is 0.717 bits per heavy atom. The molecular formula is C39H41NO3S2Si. The Hall–Kier alpha value is -3.72. The van der Waals surface area contributed by atoms with Gasteiger partial charge in [0.1, 0.15) is 26.8 Å². The van der Waals surface area contributed by atoms with Crippen LogP contribution in [0.1, 0.15) is 31.9 Å². The smallest absolute Gasteiger partial charge is 0.262 e. The zero-order chi connectivity index (χ0) is 32.6. The van der Waals surface area contributed by atoms with Gasteiger partial charge in [0.25, 0.3) is 8.32 Å². The largest absolute Gasteiger partial charge is 0.396 e. The van der Waals surface area contributed by atoms with E-state index in [1.165, 1.54) is 0 Å². The summed E-state index contributed by atoms with van der Waals surface area (Å²) in [4.78, 5) is 1.04. The van der Waals surface area contributed by atoms with Crippen molar-refractivity contribution in [3.63, 3.8) is 0 Å². The molecule has 0 radical (unpaired) electrons. The van der Waals surface area contributed by atoms with Crippen LogP contribution in [0.25, 0.3) is 10.2 Å². The number of sulfonamides is 1. The lowest BCUT2D eigenvalue weighted by Crippen LogP contribution is -2.68. The number of nitrogens with zero attached hydrogens (tertiary/aromatic N) is 1. The molecule has 1 unspecified atom stereocenters. The first-order chi connectivity index (χ1) is 22.1. The van der Waals surface area contributed by atoms with Crippen LogP contribution in [0.4, 0.5) is 0 Å². The van der Waals surface area contributed by atoms with E-state index in [2.05, 4.69) is 97.7 Å². The average molecular weight is 664 g/mol. The van der Waals surface area contributed by atoms with Gasteiger partial charge >= 0.3 is 0 Å². The van der Waals surface area contributed by atoms with E-state index in [-0.39, 0.29) is 9.93 Å². The summed E-state index contributed by atoms with van der Waals surface area (Å²) in [6.07, 6.45) is 3.71. The second-order valence-corrected chi connectivity index (χ2v) is 20.1. The lowest BCUT2D eigenvalue weighted by molar-refractivity contribution is 0.256. The quantitative estimate of drug-likeness (QED) is 0.0997. The molecule has 7 heteroatoms. The summed E-state index contributed by atoms with van der Waals surface area (Å²) < 4.78 is 39.7. The van der Waals surface area contributed by atoms with Crippen LogP contribution in [0.2, 0.25) is 5.04 Å². The van der Waals surface area contributed by atoms with E-state index in [9.17, 15) is 8.42 Å². The SMILES string of the molecule is Cc1ccc(S(=O)(=O)[N-][S+](C[C@H](/C=C/c2ccccc2)O[Si](c2ccccc2)(c2ccccc2)C(C)(C)C)c2ccccc2)cc1. The van der Waals surface area contributed by atoms with E-state index in [0.717, 1.165) is 26.4 Å². The van der Waals surface area contributed by atoms with Crippen molar-refractivity contribution >= 4 is 45.9 Å². The first-order valence-electron chi connectivity index (χ1n) is 15.4. The maximum Gasteiger partial charge on any atom is 0.262 e. The van der Waals surface area contributed by atoms with Crippen LogP contribution in [0, 0.1) is 6.92 Å². The van der Waals surface area contributed by atoms with Gasteiger partial charge in [-0.2, -0.15) is 0 Å². The molecule has 0 aliphatic carbocycles. The molecule has 2 atom stereocenters. The second kappa shape index (κ2) is 14.8. The van der Waals surface area contributed by atoms with Crippen molar-refractivity contribution in [2.75, 3.05) is 5.75 Å². The molecule has 0 aromatic heterocycles. The van der Waals surface area contributed by atoms with E-state index in [1.54, 1.807) is 24.3 Å². The third-order valence-corrected chi connectivity index (χ3v) is 16.8. The Labute approximate surface area is 278 Å². The fourth-order valence-electron chi connectivity index (χ4n) is 5.60. The van der Waals surface area contributed by atoms with Crippen LogP contribution in [0.5, 0.6) is 0 Å². The van der Waals surface area contributed by atoms with Crippen LogP contribution < -0.4 is 10.4 Å². The number of hydrogen-bond acceptors (Lipinski definition) is 3. The molecule has 0 saturated carbocycles. The highest BCUT2D eigenvalue weighted by atomic mass is 32.3. The summed E-state index contributed by atoms with van der Waals surface area (Å²) >= 11 is -1.04. The van der Waals surface area contributed by atoms with E-state index in [0.29, 0.717) is 5.75 Å². The van der Waals surface area contributed by atoms with Crippen molar-refractivity contribution in [2.24, 2.45) is 0 Å². The van der Waals surface area contributed by atoms with E-state index in [4.69, 9.17) is 4.43 Å². The first-order valence-corrected chi connectivity index (χ1v) is 20.1. The molecule has 5 aromatic rings. The molecule has 0 aliphatic rings. The summed E-state index contributed by atoms with van der Waals surface area (Å²) in [6.45, 7) is 8.69. The van der Waals surface area contributed by atoms with Gasteiger partial charge in [0, 0.05) is 0 Å². The van der Waals surface area contributed by atoms with Crippen LogP contribution in [0.3, 0.4) is 0 Å². The molecular weight excluding hydrogens is 623 g/mol. The number of hydrogen-bond donors (Lipinski definition) is 0. The van der Waals surface area contributed by atoms with Crippen LogP contribution in [-0.4, -0.2) is 28.6 Å². The first kappa shape index (κ1) is 33.6. The number of rotatable bonds is 12. The summed E-state index contributed by atoms with van der Waals surface area (Å²) in [5.41, 5.74) is 2.04. The van der Waals surface area contributed by atoms with E-state index < -0.39 is 35.5 Å². The van der Waals surface area contributed by atoms with Gasteiger partial charge in [0.05, 0.1) is 4.90 Å². The van der Waals surface area contributed by atoms with Gasteiger partial charge in [0.2, 0.25) is 0 Å². The molecule has 46 heavy (non-hydrogen) atoms.